The minimum Gasteiger partial charge on any atom is -0.448 e. The predicted molar refractivity (Wildman–Crippen MR) is 107 cm³/mol. The molecule has 0 aliphatic carbocycles. The quantitative estimate of drug-likeness (QED) is 0.687. The van der Waals surface area contributed by atoms with Crippen molar-refractivity contribution in [2.45, 2.75) is 19.8 Å². The number of hydrogen-bond donors (Lipinski definition) is 1. The molecule has 3 heterocycles. The number of pyridine rings is 1. The first-order valence-electron chi connectivity index (χ1n) is 9.33. The van der Waals surface area contributed by atoms with Gasteiger partial charge < -0.3 is 14.6 Å². The number of nitrogens with zero attached hydrogens (tertiary/aromatic N) is 2. The second-order valence-corrected chi connectivity index (χ2v) is 7.53. The van der Waals surface area contributed by atoms with E-state index in [0.717, 1.165) is 0 Å². The van der Waals surface area contributed by atoms with Crippen LogP contribution in [0, 0.1) is 18.7 Å². The number of para-hydroxylation sites is 1. The molecule has 1 N–H and O–H groups in total. The number of nitrogens with one attached hydrogen (secondary N) is 1. The van der Waals surface area contributed by atoms with Crippen LogP contribution in [-0.4, -0.2) is 34.8 Å². The molecule has 1 aliphatic rings. The second-order valence-electron chi connectivity index (χ2n) is 7.09. The lowest BCUT2D eigenvalue weighted by atomic mass is 9.95. The monoisotopic (exact) mass is 415 g/mol. The van der Waals surface area contributed by atoms with Gasteiger partial charge in [-0.1, -0.05) is 23.7 Å². The van der Waals surface area contributed by atoms with E-state index in [4.69, 9.17) is 16.0 Å². The smallest absolute Gasteiger partial charge is 0.289 e. The molecule has 1 saturated heterocycles. The topological polar surface area (TPSA) is 75.4 Å². The van der Waals surface area contributed by atoms with Crippen molar-refractivity contribution in [1.82, 2.24) is 9.88 Å². The van der Waals surface area contributed by atoms with Crippen LogP contribution in [0.2, 0.25) is 5.02 Å². The maximum atomic E-state index is 14.0. The van der Waals surface area contributed by atoms with Crippen LogP contribution >= 0.6 is 11.6 Å². The number of fused-ring (bicyclic) bond motifs is 1. The Morgan fingerprint density at radius 3 is 2.66 bits per heavy atom. The molecule has 3 aromatic rings. The molecule has 0 unspecified atom stereocenters. The van der Waals surface area contributed by atoms with Crippen molar-refractivity contribution in [3.8, 4) is 0 Å². The number of hydrogen-bond acceptors (Lipinski definition) is 4. The molecule has 1 fully saturated rings. The maximum Gasteiger partial charge on any atom is 0.289 e. The van der Waals surface area contributed by atoms with Crippen LogP contribution in [0.15, 0.2) is 40.9 Å². The first kappa shape index (κ1) is 19.4. The lowest BCUT2D eigenvalue weighted by molar-refractivity contribution is -0.121. The summed E-state index contributed by atoms with van der Waals surface area (Å²) in [5.41, 5.74) is 0.719. The summed E-state index contributed by atoms with van der Waals surface area (Å²) in [5, 5.41) is 3.87. The molecule has 1 aromatic carbocycles. The number of rotatable bonds is 3. The number of anilines is 1. The van der Waals surface area contributed by atoms with Gasteiger partial charge in [-0.25, -0.2) is 9.37 Å². The average Bonchev–Trinajstić information content (AvgIpc) is 3.07. The van der Waals surface area contributed by atoms with Crippen LogP contribution in [0.1, 0.15) is 29.0 Å². The van der Waals surface area contributed by atoms with Crippen molar-refractivity contribution in [2.24, 2.45) is 5.92 Å². The van der Waals surface area contributed by atoms with Gasteiger partial charge in [0, 0.05) is 36.2 Å². The van der Waals surface area contributed by atoms with E-state index in [2.05, 4.69) is 10.3 Å². The van der Waals surface area contributed by atoms with Crippen molar-refractivity contribution in [3.05, 3.63) is 58.7 Å². The van der Waals surface area contributed by atoms with Crippen molar-refractivity contribution >= 4 is 40.2 Å². The molecule has 8 heteroatoms. The largest absolute Gasteiger partial charge is 0.448 e. The molecule has 4 rings (SSSR count). The Morgan fingerprint density at radius 2 is 2.00 bits per heavy atom. The van der Waals surface area contributed by atoms with Crippen LogP contribution in [-0.2, 0) is 4.79 Å². The zero-order chi connectivity index (χ0) is 20.5. The zero-order valence-electron chi connectivity index (χ0n) is 15.7. The minimum atomic E-state index is -0.490. The minimum absolute atomic E-state index is 0.0954. The van der Waals surface area contributed by atoms with E-state index >= 15 is 0 Å². The number of aromatic nitrogens is 1. The van der Waals surface area contributed by atoms with Crippen molar-refractivity contribution < 1.29 is 18.4 Å². The standard InChI is InChI=1S/C21H19ClFN3O3/c1-12-15-3-2-4-16(23)19(15)29-18(12)21(28)26-9-7-13(8-10-26)20(27)25-17-6-5-14(22)11-24-17/h2-6,11,13H,7-10H2,1H3,(H,24,25,27). The number of amides is 2. The molecule has 1 aliphatic heterocycles. The van der Waals surface area contributed by atoms with Crippen LogP contribution in [0.25, 0.3) is 11.0 Å². The van der Waals surface area contributed by atoms with Crippen LogP contribution < -0.4 is 5.32 Å². The second kappa shape index (κ2) is 7.83. The molecular weight excluding hydrogens is 397 g/mol. The number of furan rings is 1. The highest BCUT2D eigenvalue weighted by atomic mass is 35.5. The Bertz CT molecular complexity index is 1070. The third-order valence-corrected chi connectivity index (χ3v) is 5.47. The highest BCUT2D eigenvalue weighted by Gasteiger charge is 2.30. The van der Waals surface area contributed by atoms with Gasteiger partial charge in [-0.15, -0.1) is 0 Å². The number of benzene rings is 1. The summed E-state index contributed by atoms with van der Waals surface area (Å²) in [4.78, 5) is 31.1. The summed E-state index contributed by atoms with van der Waals surface area (Å²) in [6.07, 6.45) is 2.52. The highest BCUT2D eigenvalue weighted by molar-refractivity contribution is 6.30. The Morgan fingerprint density at radius 1 is 1.24 bits per heavy atom. The zero-order valence-corrected chi connectivity index (χ0v) is 16.5. The third kappa shape index (κ3) is 3.82. The van der Waals surface area contributed by atoms with Gasteiger partial charge >= 0.3 is 0 Å². The molecule has 29 heavy (non-hydrogen) atoms. The molecule has 0 saturated carbocycles. The fourth-order valence-corrected chi connectivity index (χ4v) is 3.69. The first-order valence-corrected chi connectivity index (χ1v) is 9.71. The van der Waals surface area contributed by atoms with Gasteiger partial charge in [-0.3, -0.25) is 9.59 Å². The molecule has 0 spiro atoms. The molecule has 0 bridgehead atoms. The van der Waals surface area contributed by atoms with E-state index in [0.29, 0.717) is 47.7 Å². The van der Waals surface area contributed by atoms with Crippen LogP contribution in [0.3, 0.4) is 0 Å². The Labute approximate surface area is 171 Å². The van der Waals surface area contributed by atoms with Gasteiger partial charge in [-0.05, 0) is 38.0 Å². The van der Waals surface area contributed by atoms with E-state index in [1.165, 1.54) is 12.3 Å². The number of likely N-dealkylation sites (tertiary alicyclic amines) is 1. The summed E-state index contributed by atoms with van der Waals surface area (Å²) in [6.45, 7) is 2.59. The Hall–Kier alpha value is -2.93. The molecule has 2 amide bonds. The van der Waals surface area contributed by atoms with E-state index in [1.807, 2.05) is 0 Å². The highest BCUT2D eigenvalue weighted by Crippen LogP contribution is 2.29. The molecule has 6 nitrogen and oxygen atoms in total. The van der Waals surface area contributed by atoms with E-state index in [9.17, 15) is 14.0 Å². The molecule has 0 atom stereocenters. The average molecular weight is 416 g/mol. The fraction of sp³-hybridized carbons (Fsp3) is 0.286. The summed E-state index contributed by atoms with van der Waals surface area (Å²) < 4.78 is 19.5. The number of carbonyl (C=O) groups excluding carboxylic acids is 2. The van der Waals surface area contributed by atoms with Gasteiger partial charge in [0.2, 0.25) is 5.91 Å². The van der Waals surface area contributed by atoms with E-state index in [-0.39, 0.29) is 29.1 Å². The number of piperidine rings is 1. The Kier molecular flexibility index (Phi) is 5.24. The van der Waals surface area contributed by atoms with Gasteiger partial charge in [0.1, 0.15) is 5.82 Å². The van der Waals surface area contributed by atoms with Gasteiger partial charge in [0.25, 0.3) is 5.91 Å². The summed E-state index contributed by atoms with van der Waals surface area (Å²) in [5.74, 6) is -0.525. The SMILES string of the molecule is Cc1c(C(=O)N2CCC(C(=O)Nc3ccc(Cl)cn3)CC2)oc2c(F)cccc12. The van der Waals surface area contributed by atoms with Crippen molar-refractivity contribution in [2.75, 3.05) is 18.4 Å². The molecule has 150 valence electrons. The van der Waals surface area contributed by atoms with Gasteiger partial charge in [-0.2, -0.15) is 0 Å². The summed E-state index contributed by atoms with van der Waals surface area (Å²) >= 11 is 5.80. The van der Waals surface area contributed by atoms with Crippen LogP contribution in [0.4, 0.5) is 10.2 Å². The molecular formula is C21H19ClFN3O3. The number of carbonyl (C=O) groups is 2. The molecule has 0 radical (unpaired) electrons. The third-order valence-electron chi connectivity index (χ3n) is 5.24. The van der Waals surface area contributed by atoms with Crippen LogP contribution in [0.5, 0.6) is 0 Å². The Balaban J connectivity index is 1.41. The summed E-state index contributed by atoms with van der Waals surface area (Å²) in [6, 6.07) is 7.93. The predicted octanol–water partition coefficient (Wildman–Crippen LogP) is 4.42. The van der Waals surface area contributed by atoms with Gasteiger partial charge in [0.15, 0.2) is 17.2 Å². The summed E-state index contributed by atoms with van der Waals surface area (Å²) in [7, 11) is 0. The first-order chi connectivity index (χ1) is 13.9. The lowest BCUT2D eigenvalue weighted by Gasteiger charge is -2.30. The van der Waals surface area contributed by atoms with Crippen molar-refractivity contribution in [1.29, 1.82) is 0 Å². The number of aryl methyl sites for hydroxylation is 1. The molecule has 2 aromatic heterocycles. The van der Waals surface area contributed by atoms with E-state index in [1.54, 1.807) is 36.1 Å². The fourth-order valence-electron chi connectivity index (χ4n) is 3.58. The van der Waals surface area contributed by atoms with E-state index < -0.39 is 5.82 Å². The number of halogens is 2. The lowest BCUT2D eigenvalue weighted by Crippen LogP contribution is -2.41. The normalized spacial score (nSPS) is 14.9. The van der Waals surface area contributed by atoms with Crippen molar-refractivity contribution in [3.63, 3.8) is 0 Å². The maximum absolute atomic E-state index is 14.0. The van der Waals surface area contributed by atoms with Gasteiger partial charge in [0.05, 0.1) is 5.02 Å².